The van der Waals surface area contributed by atoms with E-state index in [9.17, 15) is 18.0 Å². The standard InChI is InChI=1S/C22H21F3N2O2S.Na.H/c1-13-11-18(9-5-15(13)6-10-20(28)29)26-12-19-14(2)27-21(30-19)16-3-7-17(8-4-16)22(23,24)25;;/h3-5,7-9,11,26H,6,10,12H2,1-2H3,(H,28,29);;/q;+1;-1. The Morgan fingerprint density at radius 1 is 1.16 bits per heavy atom. The topological polar surface area (TPSA) is 62.2 Å². The fraction of sp³-hybridized carbons (Fsp3) is 0.273. The minimum Gasteiger partial charge on any atom is -1.00 e. The van der Waals surface area contributed by atoms with E-state index in [1.54, 1.807) is 0 Å². The second-order valence-corrected chi connectivity index (χ2v) is 8.07. The van der Waals surface area contributed by atoms with Crippen LogP contribution >= 0.6 is 11.3 Å². The number of nitrogens with zero attached hydrogens (tertiary/aromatic N) is 1. The van der Waals surface area contributed by atoms with Crippen molar-refractivity contribution in [1.29, 1.82) is 0 Å². The van der Waals surface area contributed by atoms with Crippen molar-refractivity contribution >= 4 is 23.0 Å². The van der Waals surface area contributed by atoms with E-state index < -0.39 is 17.7 Å². The van der Waals surface area contributed by atoms with E-state index in [0.29, 0.717) is 23.5 Å². The van der Waals surface area contributed by atoms with Crippen LogP contribution in [-0.2, 0) is 23.9 Å². The van der Waals surface area contributed by atoms with Gasteiger partial charge in [-0.1, -0.05) is 18.2 Å². The molecule has 0 spiro atoms. The summed E-state index contributed by atoms with van der Waals surface area (Å²) in [5.74, 6) is -0.818. The van der Waals surface area contributed by atoms with Crippen LogP contribution in [0.1, 0.15) is 35.1 Å². The van der Waals surface area contributed by atoms with Crippen LogP contribution < -0.4 is 34.9 Å². The number of carboxylic acid groups (broad SMARTS) is 1. The molecule has 1 aromatic heterocycles. The van der Waals surface area contributed by atoms with E-state index in [1.165, 1.54) is 23.5 Å². The van der Waals surface area contributed by atoms with Gasteiger partial charge in [0, 0.05) is 22.5 Å². The van der Waals surface area contributed by atoms with Gasteiger partial charge in [-0.25, -0.2) is 4.98 Å². The number of aliphatic carboxylic acids is 1. The van der Waals surface area contributed by atoms with Crippen molar-refractivity contribution < 1.29 is 54.1 Å². The molecule has 0 aliphatic heterocycles. The minimum atomic E-state index is -4.35. The zero-order chi connectivity index (χ0) is 21.9. The number of hydrogen-bond acceptors (Lipinski definition) is 4. The molecular formula is C22H22F3N2NaO2S. The summed E-state index contributed by atoms with van der Waals surface area (Å²) in [6, 6.07) is 10.8. The number of carbonyl (C=O) groups is 1. The minimum absolute atomic E-state index is 0. The van der Waals surface area contributed by atoms with Crippen LogP contribution in [0.4, 0.5) is 18.9 Å². The van der Waals surface area contributed by atoms with Crippen molar-refractivity contribution in [2.45, 2.75) is 39.4 Å². The average Bonchev–Trinajstić information content (AvgIpc) is 3.05. The van der Waals surface area contributed by atoms with Gasteiger partial charge in [0.2, 0.25) is 0 Å². The molecule has 0 unspecified atom stereocenters. The molecule has 0 aliphatic rings. The van der Waals surface area contributed by atoms with Gasteiger partial charge in [-0.15, -0.1) is 11.3 Å². The van der Waals surface area contributed by atoms with Crippen LogP contribution in [0.15, 0.2) is 42.5 Å². The Balaban J connectivity index is 0.00000256. The maximum absolute atomic E-state index is 12.7. The number of nitrogens with one attached hydrogen (secondary N) is 1. The molecule has 0 radical (unpaired) electrons. The predicted octanol–water partition coefficient (Wildman–Crippen LogP) is 3.19. The average molecular weight is 458 g/mol. The monoisotopic (exact) mass is 458 g/mol. The van der Waals surface area contributed by atoms with Gasteiger partial charge >= 0.3 is 41.7 Å². The van der Waals surface area contributed by atoms with Gasteiger partial charge in [0.25, 0.3) is 0 Å². The molecule has 0 saturated carbocycles. The summed E-state index contributed by atoms with van der Waals surface area (Å²) in [5, 5.41) is 12.8. The zero-order valence-electron chi connectivity index (χ0n) is 18.5. The number of alkyl halides is 3. The van der Waals surface area contributed by atoms with Gasteiger partial charge in [0.1, 0.15) is 5.01 Å². The van der Waals surface area contributed by atoms with Crippen molar-refractivity contribution in [2.24, 2.45) is 0 Å². The SMILES string of the molecule is Cc1cc(NCc2sc(-c3ccc(C(F)(F)F)cc3)nc2C)ccc1CCC(=O)O.[H-].[Na+]. The number of thiazole rings is 1. The smallest absolute Gasteiger partial charge is 1.00 e. The third-order valence-electron chi connectivity index (χ3n) is 4.76. The van der Waals surface area contributed by atoms with Crippen LogP contribution in [0.3, 0.4) is 0 Å². The molecule has 0 aliphatic carbocycles. The summed E-state index contributed by atoms with van der Waals surface area (Å²) >= 11 is 1.44. The summed E-state index contributed by atoms with van der Waals surface area (Å²) in [6.07, 6.45) is -3.76. The molecule has 1 heterocycles. The van der Waals surface area contributed by atoms with E-state index in [2.05, 4.69) is 10.3 Å². The second kappa shape index (κ2) is 10.6. The maximum Gasteiger partial charge on any atom is 1.00 e. The summed E-state index contributed by atoms with van der Waals surface area (Å²) < 4.78 is 38.2. The van der Waals surface area contributed by atoms with Gasteiger partial charge in [-0.05, 0) is 55.7 Å². The summed E-state index contributed by atoms with van der Waals surface area (Å²) in [6.45, 7) is 4.36. The number of anilines is 1. The van der Waals surface area contributed by atoms with Gasteiger partial charge in [0.05, 0.1) is 17.8 Å². The molecule has 0 saturated heterocycles. The number of benzene rings is 2. The van der Waals surface area contributed by atoms with E-state index in [4.69, 9.17) is 5.11 Å². The molecule has 0 bridgehead atoms. The van der Waals surface area contributed by atoms with Gasteiger partial charge in [-0.2, -0.15) is 13.2 Å². The first-order chi connectivity index (χ1) is 14.1. The quantitative estimate of drug-likeness (QED) is 0.534. The summed E-state index contributed by atoms with van der Waals surface area (Å²) in [5.41, 5.74) is 3.74. The van der Waals surface area contributed by atoms with Crippen LogP contribution in [0.5, 0.6) is 0 Å². The number of halogens is 3. The normalized spacial score (nSPS) is 11.1. The first-order valence-electron chi connectivity index (χ1n) is 9.32. The fourth-order valence-electron chi connectivity index (χ4n) is 3.03. The Hall–Kier alpha value is -1.87. The molecular weight excluding hydrogens is 436 g/mol. The first kappa shape index (κ1) is 25.4. The van der Waals surface area contributed by atoms with Crippen LogP contribution in [-0.4, -0.2) is 16.1 Å². The third kappa shape index (κ3) is 6.80. The van der Waals surface area contributed by atoms with Crippen molar-refractivity contribution in [1.82, 2.24) is 4.98 Å². The van der Waals surface area contributed by atoms with Crippen molar-refractivity contribution in [3.05, 3.63) is 69.7 Å². The molecule has 0 fully saturated rings. The molecule has 2 N–H and O–H groups in total. The number of rotatable bonds is 7. The molecule has 9 heteroatoms. The largest absolute Gasteiger partial charge is 1.00 e. The molecule has 4 nitrogen and oxygen atoms in total. The Kier molecular flexibility index (Phi) is 8.71. The van der Waals surface area contributed by atoms with E-state index in [1.807, 2.05) is 32.0 Å². The predicted molar refractivity (Wildman–Crippen MR) is 113 cm³/mol. The Bertz CT molecular complexity index is 1060. The van der Waals surface area contributed by atoms with Gasteiger partial charge in [0.15, 0.2) is 0 Å². The number of carboxylic acids is 1. The fourth-order valence-corrected chi connectivity index (χ4v) is 4.04. The molecule has 3 aromatic rings. The number of aromatic nitrogens is 1. The molecule has 0 atom stereocenters. The second-order valence-electron chi connectivity index (χ2n) is 6.99. The summed E-state index contributed by atoms with van der Waals surface area (Å²) in [4.78, 5) is 16.2. The Labute approximate surface area is 206 Å². The summed E-state index contributed by atoms with van der Waals surface area (Å²) in [7, 11) is 0. The van der Waals surface area contributed by atoms with Crippen LogP contribution in [0.2, 0.25) is 0 Å². The van der Waals surface area contributed by atoms with Crippen molar-refractivity contribution in [3.63, 3.8) is 0 Å². The Morgan fingerprint density at radius 3 is 2.42 bits per heavy atom. The molecule has 3 rings (SSSR count). The van der Waals surface area contributed by atoms with Crippen molar-refractivity contribution in [3.8, 4) is 10.6 Å². The maximum atomic E-state index is 12.7. The zero-order valence-corrected chi connectivity index (χ0v) is 20.3. The van der Waals surface area contributed by atoms with Gasteiger partial charge in [-0.3, -0.25) is 4.79 Å². The molecule has 31 heavy (non-hydrogen) atoms. The van der Waals surface area contributed by atoms with Crippen molar-refractivity contribution in [2.75, 3.05) is 5.32 Å². The Morgan fingerprint density at radius 2 is 1.84 bits per heavy atom. The van der Waals surface area contributed by atoms with Gasteiger partial charge < -0.3 is 11.8 Å². The first-order valence-corrected chi connectivity index (χ1v) is 10.1. The molecule has 0 amide bonds. The number of hydrogen-bond donors (Lipinski definition) is 2. The molecule has 160 valence electrons. The number of aryl methyl sites for hydroxylation is 3. The molecule has 2 aromatic carbocycles. The van der Waals surface area contributed by atoms with E-state index >= 15 is 0 Å². The van der Waals surface area contributed by atoms with Crippen LogP contribution in [0.25, 0.3) is 10.6 Å². The van der Waals surface area contributed by atoms with Crippen LogP contribution in [0, 0.1) is 13.8 Å². The van der Waals surface area contributed by atoms with E-state index in [0.717, 1.165) is 39.5 Å². The third-order valence-corrected chi connectivity index (χ3v) is 5.96. The van der Waals surface area contributed by atoms with E-state index in [-0.39, 0.29) is 37.4 Å².